The van der Waals surface area contributed by atoms with Gasteiger partial charge in [0.25, 0.3) is 0 Å². The van der Waals surface area contributed by atoms with Gasteiger partial charge in [-0.1, -0.05) is 18.2 Å². The van der Waals surface area contributed by atoms with Crippen molar-refractivity contribution in [3.05, 3.63) is 88.9 Å². The van der Waals surface area contributed by atoms with Crippen LogP contribution < -0.4 is 18.9 Å². The molecule has 144 valence electrons. The van der Waals surface area contributed by atoms with Gasteiger partial charge in [-0.2, -0.15) is 0 Å². The highest BCUT2D eigenvalue weighted by Crippen LogP contribution is 2.37. The summed E-state index contributed by atoms with van der Waals surface area (Å²) in [6.45, 7) is 0.402. The van der Waals surface area contributed by atoms with Crippen LogP contribution in [0.3, 0.4) is 0 Å². The summed E-state index contributed by atoms with van der Waals surface area (Å²) in [7, 11) is 0. The lowest BCUT2D eigenvalue weighted by Crippen LogP contribution is -1.98. The van der Waals surface area contributed by atoms with Crippen molar-refractivity contribution >= 4 is 11.9 Å². The van der Waals surface area contributed by atoms with Crippen molar-refractivity contribution in [2.75, 3.05) is 6.79 Å². The number of carbonyl (C=O) groups is 1. The van der Waals surface area contributed by atoms with Gasteiger partial charge < -0.3 is 18.9 Å². The van der Waals surface area contributed by atoms with Gasteiger partial charge in [-0.3, -0.25) is 4.79 Å². The van der Waals surface area contributed by atoms with Crippen molar-refractivity contribution in [2.45, 2.75) is 6.61 Å². The molecule has 0 unspecified atom stereocenters. The summed E-state index contributed by atoms with van der Waals surface area (Å²) in [4.78, 5) is 12.6. The second-order valence-electron chi connectivity index (χ2n) is 6.63. The Morgan fingerprint density at radius 1 is 0.966 bits per heavy atom. The van der Waals surface area contributed by atoms with Crippen LogP contribution in [0.5, 0.6) is 23.0 Å². The first kappa shape index (κ1) is 17.3. The van der Waals surface area contributed by atoms with Crippen molar-refractivity contribution < 1.29 is 28.1 Å². The third-order valence-corrected chi connectivity index (χ3v) is 4.63. The number of ether oxygens (including phenoxy) is 4. The largest absolute Gasteiger partial charge is 0.489 e. The Labute approximate surface area is 165 Å². The predicted molar refractivity (Wildman–Crippen MR) is 103 cm³/mol. The lowest BCUT2D eigenvalue weighted by atomic mass is 10.1. The van der Waals surface area contributed by atoms with Crippen LogP contribution in [0.15, 0.2) is 66.4 Å². The van der Waals surface area contributed by atoms with E-state index in [9.17, 15) is 9.18 Å². The summed E-state index contributed by atoms with van der Waals surface area (Å²) in [5.41, 5.74) is 1.95. The second-order valence-corrected chi connectivity index (χ2v) is 6.63. The molecule has 0 bridgehead atoms. The van der Waals surface area contributed by atoms with Crippen LogP contribution in [0.2, 0.25) is 0 Å². The Morgan fingerprint density at radius 2 is 1.86 bits per heavy atom. The maximum atomic E-state index is 13.3. The zero-order chi connectivity index (χ0) is 19.8. The summed E-state index contributed by atoms with van der Waals surface area (Å²) in [5, 5.41) is 0. The van der Waals surface area contributed by atoms with Crippen molar-refractivity contribution in [3.63, 3.8) is 0 Å². The van der Waals surface area contributed by atoms with Gasteiger partial charge in [0.1, 0.15) is 23.9 Å². The highest BCUT2D eigenvalue weighted by Gasteiger charge is 2.28. The van der Waals surface area contributed by atoms with E-state index in [4.69, 9.17) is 18.9 Å². The third kappa shape index (κ3) is 3.40. The number of rotatable bonds is 4. The van der Waals surface area contributed by atoms with Gasteiger partial charge in [-0.15, -0.1) is 0 Å². The molecule has 5 nitrogen and oxygen atoms in total. The molecule has 0 spiro atoms. The van der Waals surface area contributed by atoms with Crippen LogP contribution in [-0.2, 0) is 6.61 Å². The molecule has 3 aromatic rings. The van der Waals surface area contributed by atoms with E-state index < -0.39 is 0 Å². The normalized spacial score (nSPS) is 15.3. The molecule has 0 saturated carbocycles. The molecule has 0 fully saturated rings. The first-order valence-electron chi connectivity index (χ1n) is 9.01. The highest BCUT2D eigenvalue weighted by molar-refractivity contribution is 6.14. The SMILES string of the molecule is O=C1/C(=C/c2ccc3c(c2)OCO3)Oc2cc(OCc3cccc(F)c3)ccc21. The number of ketones is 1. The molecule has 0 aromatic heterocycles. The minimum absolute atomic E-state index is 0.189. The number of benzene rings is 3. The fourth-order valence-electron chi connectivity index (χ4n) is 3.20. The van der Waals surface area contributed by atoms with Crippen molar-refractivity contribution in [1.82, 2.24) is 0 Å². The molecular weight excluding hydrogens is 375 g/mol. The molecule has 0 radical (unpaired) electrons. The van der Waals surface area contributed by atoms with Gasteiger partial charge in [0, 0.05) is 6.07 Å². The Morgan fingerprint density at radius 3 is 2.76 bits per heavy atom. The van der Waals surface area contributed by atoms with E-state index in [2.05, 4.69) is 0 Å². The van der Waals surface area contributed by atoms with Gasteiger partial charge in [0.05, 0.1) is 5.56 Å². The van der Waals surface area contributed by atoms with Crippen LogP contribution in [0, 0.1) is 5.82 Å². The zero-order valence-corrected chi connectivity index (χ0v) is 15.2. The molecule has 2 heterocycles. The smallest absolute Gasteiger partial charge is 0.231 e. The highest BCUT2D eigenvalue weighted by atomic mass is 19.1. The maximum absolute atomic E-state index is 13.3. The summed E-state index contributed by atoms with van der Waals surface area (Å²) >= 11 is 0. The average Bonchev–Trinajstić information content (AvgIpc) is 3.31. The van der Waals surface area contributed by atoms with Gasteiger partial charge in [-0.25, -0.2) is 4.39 Å². The van der Waals surface area contributed by atoms with Gasteiger partial charge in [0.2, 0.25) is 12.6 Å². The van der Waals surface area contributed by atoms with E-state index in [0.717, 1.165) is 5.56 Å². The molecule has 0 N–H and O–H groups in total. The molecule has 0 saturated heterocycles. The molecule has 0 amide bonds. The van der Waals surface area contributed by atoms with E-state index in [1.54, 1.807) is 48.5 Å². The minimum Gasteiger partial charge on any atom is -0.489 e. The van der Waals surface area contributed by atoms with Crippen molar-refractivity contribution in [1.29, 1.82) is 0 Å². The fourth-order valence-corrected chi connectivity index (χ4v) is 3.20. The summed E-state index contributed by atoms with van der Waals surface area (Å²) in [5.74, 6) is 1.98. The summed E-state index contributed by atoms with van der Waals surface area (Å²) in [6, 6.07) is 16.6. The fraction of sp³-hybridized carbons (Fsp3) is 0.0870. The summed E-state index contributed by atoms with van der Waals surface area (Å²) in [6.07, 6.45) is 1.66. The maximum Gasteiger partial charge on any atom is 0.231 e. The monoisotopic (exact) mass is 390 g/mol. The van der Waals surface area contributed by atoms with Crippen LogP contribution in [-0.4, -0.2) is 12.6 Å². The summed E-state index contributed by atoms with van der Waals surface area (Å²) < 4.78 is 35.4. The van der Waals surface area contributed by atoms with Crippen LogP contribution >= 0.6 is 0 Å². The number of halogens is 1. The first-order chi connectivity index (χ1) is 14.2. The molecule has 6 heteroatoms. The Bertz CT molecular complexity index is 1150. The molecule has 5 rings (SSSR count). The number of hydrogen-bond acceptors (Lipinski definition) is 5. The number of carbonyl (C=O) groups excluding carboxylic acids is 1. The Kier molecular flexibility index (Phi) is 4.17. The molecule has 3 aromatic carbocycles. The second kappa shape index (κ2) is 6.98. The topological polar surface area (TPSA) is 54.0 Å². The number of allylic oxidation sites excluding steroid dienone is 1. The van der Waals surface area contributed by atoms with Crippen LogP contribution in [0.1, 0.15) is 21.5 Å². The van der Waals surface area contributed by atoms with Gasteiger partial charge in [-0.05, 0) is 53.6 Å². The molecule has 2 aliphatic heterocycles. The van der Waals surface area contributed by atoms with E-state index >= 15 is 0 Å². The molecule has 2 aliphatic rings. The van der Waals surface area contributed by atoms with E-state index in [-0.39, 0.29) is 30.8 Å². The minimum atomic E-state index is -0.313. The molecular formula is C23H15FO5. The number of hydrogen-bond donors (Lipinski definition) is 0. The molecule has 29 heavy (non-hydrogen) atoms. The average molecular weight is 390 g/mol. The molecule has 0 aliphatic carbocycles. The quantitative estimate of drug-likeness (QED) is 0.602. The van der Waals surface area contributed by atoms with E-state index in [1.807, 2.05) is 6.07 Å². The zero-order valence-electron chi connectivity index (χ0n) is 15.2. The van der Waals surface area contributed by atoms with Crippen LogP contribution in [0.4, 0.5) is 4.39 Å². The van der Waals surface area contributed by atoms with E-state index in [1.165, 1.54) is 12.1 Å². The number of Topliss-reactive ketones (excluding diaryl/α,β-unsaturated/α-hetero) is 1. The van der Waals surface area contributed by atoms with Crippen molar-refractivity contribution in [2.24, 2.45) is 0 Å². The van der Waals surface area contributed by atoms with Crippen molar-refractivity contribution in [3.8, 4) is 23.0 Å². The van der Waals surface area contributed by atoms with Gasteiger partial charge >= 0.3 is 0 Å². The Balaban J connectivity index is 1.34. The Hall–Kier alpha value is -3.80. The van der Waals surface area contributed by atoms with E-state index in [0.29, 0.717) is 34.1 Å². The van der Waals surface area contributed by atoms with Crippen LogP contribution in [0.25, 0.3) is 6.08 Å². The molecule has 0 atom stereocenters. The lowest BCUT2D eigenvalue weighted by Gasteiger charge is -2.07. The lowest BCUT2D eigenvalue weighted by molar-refractivity contribution is 0.101. The first-order valence-corrected chi connectivity index (χ1v) is 9.01. The standard InChI is InChI=1S/C23H15FO5/c24-16-3-1-2-15(8-16)12-26-17-5-6-18-20(11-17)29-22(23(18)25)10-14-4-7-19-21(9-14)28-13-27-19/h1-11H,12-13H2/b22-10-. The predicted octanol–water partition coefficient (Wildman–Crippen LogP) is 4.75. The third-order valence-electron chi connectivity index (χ3n) is 4.63. The number of fused-ring (bicyclic) bond motifs is 2. The van der Waals surface area contributed by atoms with Gasteiger partial charge in [0.15, 0.2) is 17.3 Å².